The lowest BCUT2D eigenvalue weighted by Crippen LogP contribution is -1.79. The van der Waals surface area contributed by atoms with Crippen LogP contribution in [0.4, 0.5) is 0 Å². The first-order chi connectivity index (χ1) is 10.3. The van der Waals surface area contributed by atoms with Crippen LogP contribution in [-0.2, 0) is 0 Å². The first-order valence-corrected chi connectivity index (χ1v) is 7.86. The third-order valence-corrected chi connectivity index (χ3v) is 1.68. The second-order valence-corrected chi connectivity index (χ2v) is 2.86. The van der Waals surface area contributed by atoms with Crippen molar-refractivity contribution in [2.45, 2.75) is 48.5 Å². The van der Waals surface area contributed by atoms with Gasteiger partial charge in [0.1, 0.15) is 0 Å². The van der Waals surface area contributed by atoms with Crippen molar-refractivity contribution in [3.8, 4) is 0 Å². The summed E-state index contributed by atoms with van der Waals surface area (Å²) in [5, 5.41) is 0. The minimum Gasteiger partial charge on any atom is -0.0991 e. The molecule has 120 valence electrons. The van der Waals surface area contributed by atoms with Gasteiger partial charge in [-0.25, -0.2) is 0 Å². The molecule has 0 unspecified atom stereocenters. The number of hydrogen-bond acceptors (Lipinski definition) is 0. The Kier molecular flexibility index (Phi) is 40.5. The smallest absolute Gasteiger partial charge is 0.0190 e. The zero-order valence-electron chi connectivity index (χ0n) is 15.3. The molecule has 0 fully saturated rings. The summed E-state index contributed by atoms with van der Waals surface area (Å²) in [7, 11) is 0. The fraction of sp³-hybridized carbons (Fsp3) is 0.333. The van der Waals surface area contributed by atoms with Crippen molar-refractivity contribution < 1.29 is 0 Å². The average molecular weight is 289 g/mol. The number of allylic oxidation sites excluding steroid dienone is 11. The van der Waals surface area contributed by atoms with Gasteiger partial charge < -0.3 is 0 Å². The highest BCUT2D eigenvalue weighted by Crippen LogP contribution is 2.11. The Balaban J connectivity index is -0.000000212. The van der Waals surface area contributed by atoms with Crippen LogP contribution in [-0.4, -0.2) is 0 Å². The first kappa shape index (κ1) is 27.5. The molecule has 0 radical (unpaired) electrons. The average Bonchev–Trinajstić information content (AvgIpc) is 2.57. The van der Waals surface area contributed by atoms with E-state index >= 15 is 0 Å². The standard InChI is InChI=1S/C15H18.3C2H6/c1-5-8-10-12-14(4)15(11-7-3)13-9-6-2;3*1-2/h5-13H,2-4H2,1H3;3*1-2H3/b8-5-,12-10-,13-9-,15-11+;;;. The highest BCUT2D eigenvalue weighted by Gasteiger charge is 1.92. The fourth-order valence-electron chi connectivity index (χ4n) is 0.947. The quantitative estimate of drug-likeness (QED) is 0.441. The largest absolute Gasteiger partial charge is 0.0991 e. The van der Waals surface area contributed by atoms with Gasteiger partial charge in [-0.2, -0.15) is 0 Å². The Morgan fingerprint density at radius 2 is 1.24 bits per heavy atom. The van der Waals surface area contributed by atoms with Crippen LogP contribution < -0.4 is 0 Å². The Labute approximate surface area is 134 Å². The number of rotatable bonds is 6. The highest BCUT2D eigenvalue weighted by molar-refractivity contribution is 5.47. The molecule has 0 nitrogen and oxygen atoms in total. The lowest BCUT2D eigenvalue weighted by molar-refractivity contribution is 1.50. The summed E-state index contributed by atoms with van der Waals surface area (Å²) >= 11 is 0. The van der Waals surface area contributed by atoms with Crippen LogP contribution >= 0.6 is 0 Å². The zero-order chi connectivity index (χ0) is 17.5. The molecule has 0 heterocycles. The maximum Gasteiger partial charge on any atom is -0.0190 e. The van der Waals surface area contributed by atoms with E-state index in [1.54, 1.807) is 12.2 Å². The van der Waals surface area contributed by atoms with E-state index in [1.807, 2.05) is 91.0 Å². The van der Waals surface area contributed by atoms with E-state index in [2.05, 4.69) is 19.7 Å². The molecule has 0 heteroatoms. The minimum absolute atomic E-state index is 0.950. The van der Waals surface area contributed by atoms with Gasteiger partial charge in [0, 0.05) is 0 Å². The van der Waals surface area contributed by atoms with Crippen molar-refractivity contribution in [3.63, 3.8) is 0 Å². The predicted molar refractivity (Wildman–Crippen MR) is 105 cm³/mol. The van der Waals surface area contributed by atoms with Crippen molar-refractivity contribution in [3.05, 3.63) is 85.6 Å². The lowest BCUT2D eigenvalue weighted by atomic mass is 10.1. The van der Waals surface area contributed by atoms with Crippen molar-refractivity contribution in [2.75, 3.05) is 0 Å². The van der Waals surface area contributed by atoms with E-state index in [9.17, 15) is 0 Å². The van der Waals surface area contributed by atoms with E-state index < -0.39 is 0 Å². The van der Waals surface area contributed by atoms with Crippen LogP contribution in [0.5, 0.6) is 0 Å². The third kappa shape index (κ3) is 23.7. The molecule has 0 aliphatic carbocycles. The summed E-state index contributed by atoms with van der Waals surface area (Å²) in [6.07, 6.45) is 17.1. The van der Waals surface area contributed by atoms with Gasteiger partial charge in [0.05, 0.1) is 0 Å². The normalized spacial score (nSPS) is 9.95. The van der Waals surface area contributed by atoms with Gasteiger partial charge in [-0.1, -0.05) is 116 Å². The molecule has 0 aromatic rings. The zero-order valence-corrected chi connectivity index (χ0v) is 15.3. The Bertz CT molecular complexity index is 333. The summed E-state index contributed by atoms with van der Waals surface area (Å²) in [4.78, 5) is 0. The van der Waals surface area contributed by atoms with E-state index in [-0.39, 0.29) is 0 Å². The van der Waals surface area contributed by atoms with Crippen LogP contribution in [0.1, 0.15) is 48.5 Å². The molecular weight excluding hydrogens is 252 g/mol. The van der Waals surface area contributed by atoms with Gasteiger partial charge in [0.25, 0.3) is 0 Å². The van der Waals surface area contributed by atoms with E-state index in [0.29, 0.717) is 0 Å². The van der Waals surface area contributed by atoms with Gasteiger partial charge in [-0.05, 0) is 18.1 Å². The predicted octanol–water partition coefficient (Wildman–Crippen LogP) is 7.61. The summed E-state index contributed by atoms with van der Waals surface area (Å²) in [6.45, 7) is 25.3. The van der Waals surface area contributed by atoms with Gasteiger partial charge in [0.2, 0.25) is 0 Å². The second-order valence-electron chi connectivity index (χ2n) is 2.86. The molecule has 0 saturated heterocycles. The minimum atomic E-state index is 0.950. The third-order valence-electron chi connectivity index (χ3n) is 1.68. The maximum absolute atomic E-state index is 3.98. The molecule has 0 spiro atoms. The topological polar surface area (TPSA) is 0 Å². The molecule has 0 atom stereocenters. The summed E-state index contributed by atoms with van der Waals surface area (Å²) in [6, 6.07) is 0. The molecule has 21 heavy (non-hydrogen) atoms. The summed E-state index contributed by atoms with van der Waals surface area (Å²) < 4.78 is 0. The van der Waals surface area contributed by atoms with Gasteiger partial charge in [-0.15, -0.1) is 0 Å². The Morgan fingerprint density at radius 3 is 1.62 bits per heavy atom. The van der Waals surface area contributed by atoms with Crippen molar-refractivity contribution in [1.29, 1.82) is 0 Å². The molecule has 0 bridgehead atoms. The molecule has 0 aliphatic rings. The van der Waals surface area contributed by atoms with Crippen LogP contribution in [0.15, 0.2) is 85.6 Å². The molecule has 0 aromatic carbocycles. The number of hydrogen-bond donors (Lipinski definition) is 0. The second kappa shape index (κ2) is 30.9. The fourth-order valence-corrected chi connectivity index (χ4v) is 0.947. The molecule has 0 saturated carbocycles. The molecular formula is C21H36. The maximum atomic E-state index is 3.98. The van der Waals surface area contributed by atoms with Gasteiger partial charge >= 0.3 is 0 Å². The highest BCUT2D eigenvalue weighted by atomic mass is 14.0. The van der Waals surface area contributed by atoms with Gasteiger partial charge in [-0.3, -0.25) is 0 Å². The van der Waals surface area contributed by atoms with Crippen LogP contribution in [0.25, 0.3) is 0 Å². The monoisotopic (exact) mass is 288 g/mol. The van der Waals surface area contributed by atoms with Gasteiger partial charge in [0.15, 0.2) is 0 Å². The van der Waals surface area contributed by atoms with Crippen LogP contribution in [0.2, 0.25) is 0 Å². The molecule has 0 aliphatic heterocycles. The molecule has 0 rings (SSSR count). The van der Waals surface area contributed by atoms with Crippen molar-refractivity contribution in [1.82, 2.24) is 0 Å². The first-order valence-electron chi connectivity index (χ1n) is 7.86. The summed E-state index contributed by atoms with van der Waals surface area (Å²) in [5.41, 5.74) is 1.98. The molecule has 0 aromatic heterocycles. The Hall–Kier alpha value is -1.82. The molecule has 0 amide bonds. The van der Waals surface area contributed by atoms with E-state index in [1.165, 1.54) is 0 Å². The van der Waals surface area contributed by atoms with Crippen LogP contribution in [0, 0.1) is 0 Å². The van der Waals surface area contributed by atoms with E-state index in [4.69, 9.17) is 0 Å². The molecule has 0 N–H and O–H groups in total. The SMILES string of the molecule is C=C/C=C\C(=C/C=C)C(=C)/C=C\C=C/C.CC.CC.CC. The van der Waals surface area contributed by atoms with E-state index in [0.717, 1.165) is 11.1 Å². The van der Waals surface area contributed by atoms with Crippen molar-refractivity contribution in [2.24, 2.45) is 0 Å². The summed E-state index contributed by atoms with van der Waals surface area (Å²) in [5.74, 6) is 0. The lowest BCUT2D eigenvalue weighted by Gasteiger charge is -1.99. The van der Waals surface area contributed by atoms with Crippen molar-refractivity contribution >= 4 is 0 Å². The van der Waals surface area contributed by atoms with Crippen LogP contribution in [0.3, 0.4) is 0 Å². The Morgan fingerprint density at radius 1 is 0.714 bits per heavy atom.